The van der Waals surface area contributed by atoms with E-state index < -0.39 is 0 Å². The van der Waals surface area contributed by atoms with Crippen LogP contribution in [-0.2, 0) is 16.1 Å². The maximum absolute atomic E-state index is 11.1. The second-order valence-corrected chi connectivity index (χ2v) is 5.06. The Morgan fingerprint density at radius 2 is 2.21 bits per heavy atom. The Bertz CT molecular complexity index is 586. The molecule has 0 aliphatic rings. The van der Waals surface area contributed by atoms with Gasteiger partial charge in [0.2, 0.25) is 0 Å². The molecule has 0 amide bonds. The van der Waals surface area contributed by atoms with Crippen LogP contribution in [-0.4, -0.2) is 28.9 Å². The number of aromatic nitrogens is 1. The molecule has 2 rings (SSSR count). The number of methoxy groups -OCH3 is 1. The van der Waals surface area contributed by atoms with Gasteiger partial charge in [-0.1, -0.05) is 18.2 Å². The van der Waals surface area contributed by atoms with E-state index in [1.54, 1.807) is 0 Å². The van der Waals surface area contributed by atoms with Gasteiger partial charge in [-0.05, 0) is 12.1 Å². The minimum absolute atomic E-state index is 0.0572. The van der Waals surface area contributed by atoms with E-state index in [4.69, 9.17) is 0 Å². The lowest BCUT2D eigenvalue weighted by molar-refractivity contribution is -0.140. The Kier molecular flexibility index (Phi) is 4.76. The van der Waals surface area contributed by atoms with Crippen LogP contribution in [0.4, 0.5) is 0 Å². The molecule has 0 saturated carbocycles. The molecule has 0 saturated heterocycles. The minimum Gasteiger partial charge on any atom is -0.469 e. The highest BCUT2D eigenvalue weighted by Gasteiger charge is 2.08. The first-order valence-corrected chi connectivity index (χ1v) is 6.92. The number of hydrogen-bond acceptors (Lipinski definition) is 5. The Morgan fingerprint density at radius 1 is 1.42 bits per heavy atom. The molecule has 1 heterocycles. The van der Waals surface area contributed by atoms with E-state index in [1.165, 1.54) is 18.9 Å². The number of esters is 1. The molecule has 1 aromatic heterocycles. The van der Waals surface area contributed by atoms with Crippen molar-refractivity contribution in [1.82, 2.24) is 4.98 Å². The highest BCUT2D eigenvalue weighted by atomic mass is 32.2. The van der Waals surface area contributed by atoms with Gasteiger partial charge in [0.1, 0.15) is 5.03 Å². The number of para-hydroxylation sites is 1. The number of pyridine rings is 1. The molecule has 2 aromatic rings. The van der Waals surface area contributed by atoms with Crippen molar-refractivity contribution in [2.75, 3.05) is 12.9 Å². The van der Waals surface area contributed by atoms with Gasteiger partial charge in [-0.3, -0.25) is 4.79 Å². The summed E-state index contributed by atoms with van der Waals surface area (Å²) >= 11 is 1.46. The number of nitrogens with zero attached hydrogens (tertiary/aromatic N) is 1. The van der Waals surface area contributed by atoms with E-state index in [0.29, 0.717) is 12.2 Å². The van der Waals surface area contributed by atoms with E-state index >= 15 is 0 Å². The van der Waals surface area contributed by atoms with Gasteiger partial charge in [0.15, 0.2) is 0 Å². The number of hydrogen-bond donors (Lipinski definition) is 1. The second-order valence-electron chi connectivity index (χ2n) is 3.98. The van der Waals surface area contributed by atoms with E-state index in [9.17, 15) is 9.90 Å². The summed E-state index contributed by atoms with van der Waals surface area (Å²) in [5.41, 5.74) is 1.67. The Hall–Kier alpha value is -1.59. The maximum Gasteiger partial charge on any atom is 0.306 e. The predicted octanol–water partition coefficient (Wildman–Crippen LogP) is 2.38. The lowest BCUT2D eigenvalue weighted by Gasteiger charge is -2.08. The number of aliphatic hydroxyl groups is 1. The van der Waals surface area contributed by atoms with Crippen molar-refractivity contribution in [3.8, 4) is 0 Å². The normalized spacial score (nSPS) is 10.6. The van der Waals surface area contributed by atoms with E-state index in [0.717, 1.165) is 21.5 Å². The number of rotatable bonds is 5. The summed E-state index contributed by atoms with van der Waals surface area (Å²) in [4.78, 5) is 15.6. The van der Waals surface area contributed by atoms with Crippen LogP contribution in [0.5, 0.6) is 0 Å². The number of benzene rings is 1. The standard InChI is InChI=1S/C14H15NO3S/c1-18-13(17)6-7-19-14-11(9-16)8-10-4-2-3-5-12(10)15-14/h2-5,8,16H,6-7,9H2,1H3. The molecule has 0 aliphatic carbocycles. The number of ether oxygens (including phenoxy) is 1. The van der Waals surface area contributed by atoms with Crippen LogP contribution in [0.2, 0.25) is 0 Å². The van der Waals surface area contributed by atoms with Crippen molar-refractivity contribution in [2.24, 2.45) is 0 Å². The Balaban J connectivity index is 2.18. The summed E-state index contributed by atoms with van der Waals surface area (Å²) in [6, 6.07) is 9.69. The molecule has 4 nitrogen and oxygen atoms in total. The van der Waals surface area contributed by atoms with Crippen LogP contribution in [0.15, 0.2) is 35.4 Å². The predicted molar refractivity (Wildman–Crippen MR) is 75.0 cm³/mol. The fraction of sp³-hybridized carbons (Fsp3) is 0.286. The highest BCUT2D eigenvalue weighted by Crippen LogP contribution is 2.25. The zero-order valence-electron chi connectivity index (χ0n) is 10.6. The topological polar surface area (TPSA) is 59.4 Å². The lowest BCUT2D eigenvalue weighted by Crippen LogP contribution is -2.02. The molecule has 0 bridgehead atoms. The molecule has 0 aliphatic heterocycles. The van der Waals surface area contributed by atoms with Gasteiger partial charge >= 0.3 is 5.97 Å². The summed E-state index contributed by atoms with van der Waals surface area (Å²) < 4.78 is 4.59. The number of thioether (sulfide) groups is 1. The van der Waals surface area contributed by atoms with Crippen LogP contribution in [0.3, 0.4) is 0 Å². The van der Waals surface area contributed by atoms with Gasteiger partial charge in [-0.2, -0.15) is 0 Å². The zero-order chi connectivity index (χ0) is 13.7. The van der Waals surface area contributed by atoms with E-state index in [1.807, 2.05) is 30.3 Å². The minimum atomic E-state index is -0.237. The number of aliphatic hydroxyl groups excluding tert-OH is 1. The summed E-state index contributed by atoms with van der Waals surface area (Å²) in [5, 5.41) is 11.2. The first kappa shape index (κ1) is 13.8. The van der Waals surface area contributed by atoms with Crippen molar-refractivity contribution in [3.63, 3.8) is 0 Å². The van der Waals surface area contributed by atoms with E-state index in [-0.39, 0.29) is 12.6 Å². The molecular weight excluding hydrogens is 262 g/mol. The average molecular weight is 277 g/mol. The van der Waals surface area contributed by atoms with Gasteiger partial charge in [0, 0.05) is 16.7 Å². The molecule has 1 aromatic carbocycles. The van der Waals surface area contributed by atoms with Crippen LogP contribution in [0.1, 0.15) is 12.0 Å². The fourth-order valence-electron chi connectivity index (χ4n) is 1.71. The van der Waals surface area contributed by atoms with Gasteiger partial charge in [-0.25, -0.2) is 4.98 Å². The van der Waals surface area contributed by atoms with Gasteiger partial charge in [0.05, 0.1) is 25.7 Å². The van der Waals surface area contributed by atoms with Crippen molar-refractivity contribution in [2.45, 2.75) is 18.1 Å². The van der Waals surface area contributed by atoms with Gasteiger partial charge < -0.3 is 9.84 Å². The van der Waals surface area contributed by atoms with E-state index in [2.05, 4.69) is 9.72 Å². The fourth-order valence-corrected chi connectivity index (χ4v) is 2.65. The Labute approximate surface area is 115 Å². The third kappa shape index (κ3) is 3.45. The quantitative estimate of drug-likeness (QED) is 0.671. The SMILES string of the molecule is COC(=O)CCSc1nc2ccccc2cc1CO. The summed E-state index contributed by atoms with van der Waals surface area (Å²) in [6.45, 7) is -0.0572. The number of carbonyl (C=O) groups is 1. The summed E-state index contributed by atoms with van der Waals surface area (Å²) in [5.74, 6) is 0.351. The van der Waals surface area contributed by atoms with Crippen LogP contribution in [0, 0.1) is 0 Å². The zero-order valence-corrected chi connectivity index (χ0v) is 11.4. The molecule has 5 heteroatoms. The molecule has 100 valence electrons. The highest BCUT2D eigenvalue weighted by molar-refractivity contribution is 7.99. The molecular formula is C14H15NO3S. The molecule has 0 fully saturated rings. The number of fused-ring (bicyclic) bond motifs is 1. The summed E-state index contributed by atoms with van der Waals surface area (Å²) in [6.07, 6.45) is 0.334. The van der Waals surface area contributed by atoms with Crippen molar-refractivity contribution in [3.05, 3.63) is 35.9 Å². The average Bonchev–Trinajstić information content (AvgIpc) is 2.46. The van der Waals surface area contributed by atoms with Crippen molar-refractivity contribution >= 4 is 28.6 Å². The first-order valence-electron chi connectivity index (χ1n) is 5.93. The molecule has 0 radical (unpaired) electrons. The summed E-state index contributed by atoms with van der Waals surface area (Å²) in [7, 11) is 1.38. The van der Waals surface area contributed by atoms with Gasteiger partial charge in [0.25, 0.3) is 0 Å². The Morgan fingerprint density at radius 3 is 2.95 bits per heavy atom. The third-order valence-corrected chi connectivity index (χ3v) is 3.74. The molecule has 1 N–H and O–H groups in total. The monoisotopic (exact) mass is 277 g/mol. The van der Waals surface area contributed by atoms with Gasteiger partial charge in [-0.15, -0.1) is 11.8 Å². The van der Waals surface area contributed by atoms with Crippen LogP contribution >= 0.6 is 11.8 Å². The van der Waals surface area contributed by atoms with Crippen LogP contribution < -0.4 is 0 Å². The van der Waals surface area contributed by atoms with Crippen molar-refractivity contribution < 1.29 is 14.6 Å². The molecule has 19 heavy (non-hydrogen) atoms. The molecule has 0 spiro atoms. The largest absolute Gasteiger partial charge is 0.469 e. The van der Waals surface area contributed by atoms with Crippen molar-refractivity contribution in [1.29, 1.82) is 0 Å². The van der Waals surface area contributed by atoms with Crippen LogP contribution in [0.25, 0.3) is 10.9 Å². The lowest BCUT2D eigenvalue weighted by atomic mass is 10.2. The first-order chi connectivity index (χ1) is 9.24. The molecule has 0 atom stereocenters. The number of carbonyl (C=O) groups excluding carboxylic acids is 1. The second kappa shape index (κ2) is 6.54. The third-order valence-electron chi connectivity index (χ3n) is 2.71. The smallest absolute Gasteiger partial charge is 0.306 e. The molecule has 0 unspecified atom stereocenters. The maximum atomic E-state index is 11.1.